The minimum Gasteiger partial charge on any atom is -0.490 e. The zero-order chi connectivity index (χ0) is 20.7. The molecular formula is C22H23N3O3. The molecule has 2 rings (SSSR count). The summed E-state index contributed by atoms with van der Waals surface area (Å²) in [4.78, 5) is 25.9. The van der Waals surface area contributed by atoms with Gasteiger partial charge in [0.15, 0.2) is 0 Å². The molecule has 0 aliphatic heterocycles. The number of hydrogen-bond acceptors (Lipinski definition) is 4. The van der Waals surface area contributed by atoms with E-state index < -0.39 is 5.91 Å². The summed E-state index contributed by atoms with van der Waals surface area (Å²) >= 11 is 0. The fourth-order valence-electron chi connectivity index (χ4n) is 2.42. The van der Waals surface area contributed by atoms with E-state index in [1.165, 1.54) is 11.0 Å². The fourth-order valence-corrected chi connectivity index (χ4v) is 2.42. The van der Waals surface area contributed by atoms with Gasteiger partial charge in [0.2, 0.25) is 0 Å². The van der Waals surface area contributed by atoms with E-state index in [1.54, 1.807) is 50.5 Å². The van der Waals surface area contributed by atoms with Crippen LogP contribution < -0.4 is 10.1 Å². The molecule has 0 spiro atoms. The van der Waals surface area contributed by atoms with E-state index in [0.29, 0.717) is 22.6 Å². The number of carbonyl (C=O) groups excluding carboxylic acids is 2. The van der Waals surface area contributed by atoms with Crippen LogP contribution in [0.25, 0.3) is 6.08 Å². The number of anilines is 1. The van der Waals surface area contributed by atoms with Crippen molar-refractivity contribution in [2.75, 3.05) is 19.4 Å². The molecule has 144 valence electrons. The standard InChI is InChI=1S/C22H23N3O3/c1-15(2)28-20-8-6-5-7-17(20)13-18(14-23)21(26)24-19-11-9-16(10-12-19)22(27)25(3)4/h5-13,15H,1-4H3,(H,24,26). The first kappa shape index (κ1) is 20.7. The van der Waals surface area contributed by atoms with Gasteiger partial charge in [-0.2, -0.15) is 5.26 Å². The van der Waals surface area contributed by atoms with E-state index in [1.807, 2.05) is 32.0 Å². The van der Waals surface area contributed by atoms with E-state index in [-0.39, 0.29) is 17.6 Å². The topological polar surface area (TPSA) is 82.4 Å². The van der Waals surface area contributed by atoms with Gasteiger partial charge in [0, 0.05) is 30.9 Å². The lowest BCUT2D eigenvalue weighted by Gasteiger charge is -2.12. The van der Waals surface area contributed by atoms with Crippen LogP contribution in [0.15, 0.2) is 54.1 Å². The van der Waals surface area contributed by atoms with Crippen molar-refractivity contribution >= 4 is 23.6 Å². The molecule has 0 saturated carbocycles. The molecule has 0 fully saturated rings. The Balaban J connectivity index is 2.20. The molecule has 6 nitrogen and oxygen atoms in total. The van der Waals surface area contributed by atoms with Crippen LogP contribution in [0.5, 0.6) is 5.75 Å². The Kier molecular flexibility index (Phi) is 6.94. The number of nitrogens with one attached hydrogen (secondary N) is 1. The third-order valence-corrected chi connectivity index (χ3v) is 3.74. The van der Waals surface area contributed by atoms with Gasteiger partial charge in [0.1, 0.15) is 17.4 Å². The van der Waals surface area contributed by atoms with E-state index in [4.69, 9.17) is 4.74 Å². The molecule has 0 atom stereocenters. The molecule has 28 heavy (non-hydrogen) atoms. The molecule has 1 N–H and O–H groups in total. The van der Waals surface area contributed by atoms with Gasteiger partial charge < -0.3 is 15.0 Å². The van der Waals surface area contributed by atoms with Crippen molar-refractivity contribution in [3.8, 4) is 11.8 Å². The number of carbonyl (C=O) groups is 2. The summed E-state index contributed by atoms with van der Waals surface area (Å²) in [7, 11) is 3.34. The van der Waals surface area contributed by atoms with Crippen molar-refractivity contribution in [1.82, 2.24) is 4.90 Å². The van der Waals surface area contributed by atoms with Gasteiger partial charge in [-0.1, -0.05) is 18.2 Å². The van der Waals surface area contributed by atoms with Crippen molar-refractivity contribution in [2.24, 2.45) is 0 Å². The molecule has 0 aliphatic carbocycles. The first-order chi connectivity index (χ1) is 13.3. The Morgan fingerprint density at radius 3 is 2.32 bits per heavy atom. The van der Waals surface area contributed by atoms with Gasteiger partial charge in [-0.3, -0.25) is 9.59 Å². The van der Waals surface area contributed by atoms with Crippen molar-refractivity contribution in [3.05, 3.63) is 65.2 Å². The fraction of sp³-hybridized carbons (Fsp3) is 0.227. The Bertz CT molecular complexity index is 923. The Morgan fingerprint density at radius 2 is 1.75 bits per heavy atom. The van der Waals surface area contributed by atoms with Crippen LogP contribution >= 0.6 is 0 Å². The maximum absolute atomic E-state index is 12.5. The van der Waals surface area contributed by atoms with Crippen molar-refractivity contribution in [1.29, 1.82) is 5.26 Å². The van der Waals surface area contributed by atoms with Crippen molar-refractivity contribution in [2.45, 2.75) is 20.0 Å². The van der Waals surface area contributed by atoms with Gasteiger partial charge in [-0.15, -0.1) is 0 Å². The maximum Gasteiger partial charge on any atom is 0.266 e. The highest BCUT2D eigenvalue weighted by Gasteiger charge is 2.13. The number of amides is 2. The molecule has 2 aromatic carbocycles. The molecule has 0 saturated heterocycles. The van der Waals surface area contributed by atoms with E-state index in [0.717, 1.165) is 0 Å². The van der Waals surface area contributed by atoms with Crippen LogP contribution in [0, 0.1) is 11.3 Å². The average Bonchev–Trinajstić information content (AvgIpc) is 2.66. The van der Waals surface area contributed by atoms with Gasteiger partial charge in [0.05, 0.1) is 6.10 Å². The lowest BCUT2D eigenvalue weighted by molar-refractivity contribution is -0.112. The molecule has 0 unspecified atom stereocenters. The molecule has 0 aliphatic rings. The van der Waals surface area contributed by atoms with E-state index in [9.17, 15) is 14.9 Å². The molecule has 0 radical (unpaired) electrons. The number of benzene rings is 2. The third kappa shape index (κ3) is 5.45. The summed E-state index contributed by atoms with van der Waals surface area (Å²) in [6.45, 7) is 3.81. The SMILES string of the molecule is CC(C)Oc1ccccc1C=C(C#N)C(=O)Nc1ccc(C(=O)N(C)C)cc1. The normalized spacial score (nSPS) is 10.9. The van der Waals surface area contributed by atoms with Crippen LogP contribution in [0.2, 0.25) is 0 Å². The zero-order valence-corrected chi connectivity index (χ0v) is 16.4. The van der Waals surface area contributed by atoms with Crippen LogP contribution in [-0.4, -0.2) is 36.9 Å². The number of nitriles is 1. The second-order valence-corrected chi connectivity index (χ2v) is 6.61. The maximum atomic E-state index is 12.5. The second kappa shape index (κ2) is 9.38. The molecule has 2 amide bonds. The lowest BCUT2D eigenvalue weighted by atomic mass is 10.1. The van der Waals surface area contributed by atoms with Crippen LogP contribution in [0.4, 0.5) is 5.69 Å². The minimum atomic E-state index is -0.534. The van der Waals surface area contributed by atoms with Crippen LogP contribution in [-0.2, 0) is 4.79 Å². The Morgan fingerprint density at radius 1 is 1.11 bits per heavy atom. The summed E-state index contributed by atoms with van der Waals surface area (Å²) in [5.74, 6) is -0.0598. The first-order valence-electron chi connectivity index (χ1n) is 8.82. The monoisotopic (exact) mass is 377 g/mol. The van der Waals surface area contributed by atoms with Gasteiger partial charge in [0.25, 0.3) is 11.8 Å². The molecule has 0 bridgehead atoms. The Hall–Kier alpha value is -3.59. The number of hydrogen-bond donors (Lipinski definition) is 1. The largest absolute Gasteiger partial charge is 0.490 e. The first-order valence-corrected chi connectivity index (χ1v) is 8.82. The second-order valence-electron chi connectivity index (χ2n) is 6.61. The summed E-state index contributed by atoms with van der Waals surface area (Å²) in [6, 6.07) is 15.6. The highest BCUT2D eigenvalue weighted by atomic mass is 16.5. The number of ether oxygens (including phenoxy) is 1. The van der Waals surface area contributed by atoms with Crippen molar-refractivity contribution in [3.63, 3.8) is 0 Å². The van der Waals surface area contributed by atoms with Gasteiger partial charge in [-0.25, -0.2) is 0 Å². The number of rotatable bonds is 6. The number of para-hydroxylation sites is 1. The summed E-state index contributed by atoms with van der Waals surface area (Å²) in [5.41, 5.74) is 1.61. The van der Waals surface area contributed by atoms with Crippen molar-refractivity contribution < 1.29 is 14.3 Å². The highest BCUT2D eigenvalue weighted by molar-refractivity contribution is 6.10. The molecule has 2 aromatic rings. The third-order valence-electron chi connectivity index (χ3n) is 3.74. The summed E-state index contributed by atoms with van der Waals surface area (Å²) < 4.78 is 5.72. The van der Waals surface area contributed by atoms with Crippen LogP contribution in [0.1, 0.15) is 29.8 Å². The van der Waals surface area contributed by atoms with Gasteiger partial charge in [-0.05, 0) is 50.3 Å². The summed E-state index contributed by atoms with van der Waals surface area (Å²) in [5, 5.41) is 12.1. The molecular weight excluding hydrogens is 354 g/mol. The zero-order valence-electron chi connectivity index (χ0n) is 16.4. The van der Waals surface area contributed by atoms with E-state index in [2.05, 4.69) is 5.32 Å². The minimum absolute atomic E-state index is 0.0303. The molecule has 6 heteroatoms. The lowest BCUT2D eigenvalue weighted by Crippen LogP contribution is -2.21. The average molecular weight is 377 g/mol. The Labute approximate surface area is 165 Å². The number of nitrogens with zero attached hydrogens (tertiary/aromatic N) is 2. The predicted octanol–water partition coefficient (Wildman–Crippen LogP) is 3.72. The molecule has 0 heterocycles. The van der Waals surface area contributed by atoms with Gasteiger partial charge >= 0.3 is 0 Å². The predicted molar refractivity (Wildman–Crippen MR) is 109 cm³/mol. The smallest absolute Gasteiger partial charge is 0.266 e. The molecule has 0 aromatic heterocycles. The summed E-state index contributed by atoms with van der Waals surface area (Å²) in [6.07, 6.45) is 1.47. The highest BCUT2D eigenvalue weighted by Crippen LogP contribution is 2.22. The van der Waals surface area contributed by atoms with Crippen LogP contribution in [0.3, 0.4) is 0 Å². The van der Waals surface area contributed by atoms with E-state index >= 15 is 0 Å². The quantitative estimate of drug-likeness (QED) is 0.614.